The number of carbonyl (C=O) groups is 2. The molecule has 7 heteroatoms. The van der Waals surface area contributed by atoms with E-state index in [1.807, 2.05) is 36.4 Å². The van der Waals surface area contributed by atoms with Gasteiger partial charge in [0, 0.05) is 28.9 Å². The molecule has 7 nitrogen and oxygen atoms in total. The molecule has 30 heavy (non-hydrogen) atoms. The van der Waals surface area contributed by atoms with E-state index < -0.39 is 5.91 Å². The highest BCUT2D eigenvalue weighted by Gasteiger charge is 2.22. The minimum absolute atomic E-state index is 0.154. The van der Waals surface area contributed by atoms with Crippen LogP contribution in [0, 0.1) is 0 Å². The van der Waals surface area contributed by atoms with Crippen LogP contribution in [0.5, 0.6) is 5.75 Å². The number of hydrogen-bond acceptors (Lipinski definition) is 6. The average molecular weight is 399 g/mol. The number of ether oxygens (including phenoxy) is 1. The van der Waals surface area contributed by atoms with Crippen LogP contribution in [0.4, 0.5) is 0 Å². The van der Waals surface area contributed by atoms with Gasteiger partial charge in [-0.2, -0.15) is 0 Å². The summed E-state index contributed by atoms with van der Waals surface area (Å²) < 4.78 is 5.51. The Morgan fingerprint density at radius 2 is 1.63 bits per heavy atom. The predicted molar refractivity (Wildman–Crippen MR) is 112 cm³/mol. The molecular weight excluding hydrogens is 382 g/mol. The molecule has 2 aromatic carbocycles. The minimum Gasteiger partial charge on any atom is -0.494 e. The van der Waals surface area contributed by atoms with Crippen LogP contribution in [0.15, 0.2) is 67.0 Å². The van der Waals surface area contributed by atoms with E-state index in [-0.39, 0.29) is 11.3 Å². The maximum absolute atomic E-state index is 12.4. The molecule has 0 unspecified atom stereocenters. The van der Waals surface area contributed by atoms with Crippen LogP contribution in [-0.4, -0.2) is 34.5 Å². The van der Waals surface area contributed by atoms with Crippen molar-refractivity contribution < 1.29 is 19.5 Å². The molecule has 4 rings (SSSR count). The summed E-state index contributed by atoms with van der Waals surface area (Å²) in [6.45, 7) is 0. The first-order valence-corrected chi connectivity index (χ1v) is 9.08. The van der Waals surface area contributed by atoms with E-state index in [2.05, 4.69) is 9.97 Å². The summed E-state index contributed by atoms with van der Waals surface area (Å²) in [7, 11) is 1.44. The molecule has 0 aliphatic rings. The molecule has 0 saturated carbocycles. The van der Waals surface area contributed by atoms with Crippen molar-refractivity contribution in [1.82, 2.24) is 15.4 Å². The zero-order valence-corrected chi connectivity index (χ0v) is 16.0. The van der Waals surface area contributed by atoms with Gasteiger partial charge in [0.25, 0.3) is 5.91 Å². The number of carbonyl (C=O) groups excluding carboxylic acids is 2. The van der Waals surface area contributed by atoms with Crippen LogP contribution >= 0.6 is 0 Å². The van der Waals surface area contributed by atoms with Crippen LogP contribution in [0.1, 0.15) is 20.7 Å². The molecule has 0 fully saturated rings. The number of rotatable bonds is 5. The van der Waals surface area contributed by atoms with Crippen molar-refractivity contribution >= 4 is 23.1 Å². The van der Waals surface area contributed by atoms with Crippen LogP contribution in [0.25, 0.3) is 33.3 Å². The highest BCUT2D eigenvalue weighted by molar-refractivity contribution is 6.09. The van der Waals surface area contributed by atoms with Crippen LogP contribution < -0.4 is 10.2 Å². The van der Waals surface area contributed by atoms with Crippen molar-refractivity contribution in [2.24, 2.45) is 0 Å². The molecule has 148 valence electrons. The van der Waals surface area contributed by atoms with Gasteiger partial charge in [0.15, 0.2) is 5.75 Å². The maximum Gasteiger partial charge on any atom is 0.279 e. The van der Waals surface area contributed by atoms with Crippen LogP contribution in [0.2, 0.25) is 0 Å². The molecule has 0 aliphatic heterocycles. The number of pyridine rings is 2. The number of fused-ring (bicyclic) bond motifs is 1. The van der Waals surface area contributed by atoms with E-state index >= 15 is 0 Å². The summed E-state index contributed by atoms with van der Waals surface area (Å²) in [6.07, 6.45) is 3.89. The number of benzene rings is 2. The molecule has 2 aromatic heterocycles. The Morgan fingerprint density at radius 1 is 1.00 bits per heavy atom. The van der Waals surface area contributed by atoms with Crippen molar-refractivity contribution in [2.75, 3.05) is 7.11 Å². The number of nitrogens with zero attached hydrogens (tertiary/aromatic N) is 2. The predicted octanol–water partition coefficient (Wildman–Crippen LogP) is 3.90. The minimum atomic E-state index is -0.708. The van der Waals surface area contributed by atoms with Gasteiger partial charge in [-0.1, -0.05) is 48.5 Å². The van der Waals surface area contributed by atoms with E-state index in [9.17, 15) is 14.8 Å². The van der Waals surface area contributed by atoms with Gasteiger partial charge in [0.05, 0.1) is 18.2 Å². The molecule has 0 spiro atoms. The van der Waals surface area contributed by atoms with Gasteiger partial charge in [0.2, 0.25) is 0 Å². The Morgan fingerprint density at radius 3 is 2.23 bits per heavy atom. The van der Waals surface area contributed by atoms with Gasteiger partial charge in [-0.15, -0.1) is 0 Å². The SMILES string of the molecule is COc1c(-c2ccc(-c3ccc(C=O)cc3)cc2)nc2ccncc2c1C(=O)NO. The fraction of sp³-hybridized carbons (Fsp3) is 0.0435. The van der Waals surface area contributed by atoms with Gasteiger partial charge >= 0.3 is 0 Å². The van der Waals surface area contributed by atoms with Gasteiger partial charge in [-0.25, -0.2) is 10.5 Å². The lowest BCUT2D eigenvalue weighted by molar-refractivity contribution is 0.0705. The monoisotopic (exact) mass is 399 g/mol. The van der Waals surface area contributed by atoms with Gasteiger partial charge in [-0.05, 0) is 17.2 Å². The van der Waals surface area contributed by atoms with Crippen molar-refractivity contribution in [3.63, 3.8) is 0 Å². The van der Waals surface area contributed by atoms with E-state index in [0.29, 0.717) is 22.2 Å². The first-order valence-electron chi connectivity index (χ1n) is 9.08. The molecule has 0 saturated heterocycles. The second-order valence-electron chi connectivity index (χ2n) is 6.52. The highest BCUT2D eigenvalue weighted by atomic mass is 16.5. The van der Waals surface area contributed by atoms with Crippen LogP contribution in [-0.2, 0) is 0 Å². The largest absolute Gasteiger partial charge is 0.494 e. The summed E-state index contributed by atoms with van der Waals surface area (Å²) in [4.78, 5) is 31.9. The number of nitrogens with one attached hydrogen (secondary N) is 1. The van der Waals surface area contributed by atoms with Crippen LogP contribution in [0.3, 0.4) is 0 Å². The van der Waals surface area contributed by atoms with Crippen molar-refractivity contribution in [3.8, 4) is 28.1 Å². The zero-order chi connectivity index (χ0) is 21.1. The van der Waals surface area contributed by atoms with Gasteiger partial charge < -0.3 is 4.74 Å². The summed E-state index contributed by atoms with van der Waals surface area (Å²) in [5.74, 6) is -0.467. The van der Waals surface area contributed by atoms with Crippen molar-refractivity contribution in [3.05, 3.63) is 78.1 Å². The fourth-order valence-corrected chi connectivity index (χ4v) is 3.34. The molecule has 2 heterocycles. The molecule has 0 aliphatic carbocycles. The summed E-state index contributed by atoms with van der Waals surface area (Å²) >= 11 is 0. The first kappa shape index (κ1) is 19.2. The van der Waals surface area contributed by atoms with E-state index in [4.69, 9.17) is 4.74 Å². The third-order valence-corrected chi connectivity index (χ3v) is 4.81. The first-order chi connectivity index (χ1) is 14.7. The summed E-state index contributed by atoms with van der Waals surface area (Å²) in [5.41, 5.74) is 6.13. The highest BCUT2D eigenvalue weighted by Crippen LogP contribution is 2.36. The lowest BCUT2D eigenvalue weighted by Gasteiger charge is -2.15. The Labute approximate surface area is 171 Å². The molecule has 0 atom stereocenters. The fourth-order valence-electron chi connectivity index (χ4n) is 3.34. The smallest absolute Gasteiger partial charge is 0.279 e. The standard InChI is InChI=1S/C23H17N3O4/c1-30-22-20(23(28)26-29)18-12-24-11-10-19(18)25-21(22)17-8-6-16(7-9-17)15-4-2-14(13-27)3-5-15/h2-13,29H,1H3,(H,26,28). The van der Waals surface area contributed by atoms with E-state index in [0.717, 1.165) is 23.0 Å². The Balaban J connectivity index is 1.84. The Hall–Kier alpha value is -4.10. The summed E-state index contributed by atoms with van der Waals surface area (Å²) in [6, 6.07) is 16.6. The normalized spacial score (nSPS) is 10.6. The molecule has 2 N–H and O–H groups in total. The molecule has 1 amide bonds. The number of aromatic nitrogens is 2. The van der Waals surface area contributed by atoms with E-state index in [1.54, 1.807) is 29.9 Å². The number of hydroxylamine groups is 1. The second kappa shape index (κ2) is 8.10. The Kier molecular flexibility index (Phi) is 5.19. The molecule has 4 aromatic rings. The lowest BCUT2D eigenvalue weighted by atomic mass is 9.99. The molecule has 0 radical (unpaired) electrons. The maximum atomic E-state index is 12.4. The molecule has 0 bridgehead atoms. The third kappa shape index (κ3) is 3.38. The number of aldehydes is 1. The quantitative estimate of drug-likeness (QED) is 0.300. The van der Waals surface area contributed by atoms with Crippen molar-refractivity contribution in [2.45, 2.75) is 0 Å². The molecular formula is C23H17N3O4. The number of hydrogen-bond donors (Lipinski definition) is 2. The zero-order valence-electron chi connectivity index (χ0n) is 16.0. The van der Waals surface area contributed by atoms with Crippen molar-refractivity contribution in [1.29, 1.82) is 0 Å². The summed E-state index contributed by atoms with van der Waals surface area (Å²) in [5, 5.41) is 9.68. The Bertz CT molecular complexity index is 1240. The van der Waals surface area contributed by atoms with Gasteiger partial charge in [-0.3, -0.25) is 19.8 Å². The average Bonchev–Trinajstić information content (AvgIpc) is 2.82. The number of methoxy groups -OCH3 is 1. The second-order valence-corrected chi connectivity index (χ2v) is 6.52. The van der Waals surface area contributed by atoms with Gasteiger partial charge in [0.1, 0.15) is 12.0 Å². The third-order valence-electron chi connectivity index (χ3n) is 4.81. The van der Waals surface area contributed by atoms with E-state index in [1.165, 1.54) is 13.3 Å². The number of amides is 1. The lowest BCUT2D eigenvalue weighted by Crippen LogP contribution is -2.20. The topological polar surface area (TPSA) is 101 Å².